The third-order valence-corrected chi connectivity index (χ3v) is 3.44. The molecule has 2 heteroatoms. The van der Waals surface area contributed by atoms with Crippen LogP contribution in [0.1, 0.15) is 11.1 Å². The number of nitrogens with zero attached hydrogens (tertiary/aromatic N) is 1. The van der Waals surface area contributed by atoms with Gasteiger partial charge in [-0.3, -0.25) is 0 Å². The zero-order chi connectivity index (χ0) is 12.5. The molecule has 0 radical (unpaired) electrons. The summed E-state index contributed by atoms with van der Waals surface area (Å²) in [6, 6.07) is 16.7. The Morgan fingerprint density at radius 3 is 2.56 bits per heavy atom. The molecule has 0 N–H and O–H groups in total. The first-order valence-electron chi connectivity index (χ1n) is 6.02. The lowest BCUT2D eigenvalue weighted by Crippen LogP contribution is -1.97. The minimum atomic E-state index is 0.784. The van der Waals surface area contributed by atoms with Crippen LogP contribution in [0, 0.1) is 6.92 Å². The Morgan fingerprint density at radius 1 is 1.00 bits per heavy atom. The van der Waals surface area contributed by atoms with Crippen LogP contribution in [-0.2, 0) is 6.54 Å². The summed E-state index contributed by atoms with van der Waals surface area (Å²) in [7, 11) is 0. The van der Waals surface area contributed by atoms with Gasteiger partial charge in [-0.1, -0.05) is 35.4 Å². The Kier molecular flexibility index (Phi) is 2.85. The van der Waals surface area contributed by atoms with E-state index in [1.165, 1.54) is 22.0 Å². The van der Waals surface area contributed by atoms with Crippen molar-refractivity contribution >= 4 is 22.5 Å². The number of halogens is 1. The number of hydrogen-bond acceptors (Lipinski definition) is 0. The fourth-order valence-corrected chi connectivity index (χ4v) is 2.37. The van der Waals surface area contributed by atoms with Gasteiger partial charge in [0, 0.05) is 23.3 Å². The minimum absolute atomic E-state index is 0.784. The molecule has 0 amide bonds. The van der Waals surface area contributed by atoms with Gasteiger partial charge in [0.25, 0.3) is 0 Å². The van der Waals surface area contributed by atoms with Gasteiger partial charge in [0.2, 0.25) is 0 Å². The van der Waals surface area contributed by atoms with Crippen LogP contribution in [0.2, 0.25) is 5.02 Å². The number of aromatic nitrogens is 1. The quantitative estimate of drug-likeness (QED) is 0.628. The largest absolute Gasteiger partial charge is 0.343 e. The zero-order valence-corrected chi connectivity index (χ0v) is 11.0. The highest BCUT2D eigenvalue weighted by molar-refractivity contribution is 6.30. The molecule has 0 aliphatic rings. The standard InChI is InChI=1S/C16H14ClN/c1-12-2-7-16-14(10-12)8-9-18(16)11-13-3-5-15(17)6-4-13/h2-10H,11H2,1H3. The molecular formula is C16H14ClN. The molecule has 0 atom stereocenters. The van der Waals surface area contributed by atoms with Crippen molar-refractivity contribution in [1.82, 2.24) is 4.57 Å². The normalized spacial score (nSPS) is 11.0. The minimum Gasteiger partial charge on any atom is -0.343 e. The van der Waals surface area contributed by atoms with Crippen LogP contribution in [-0.4, -0.2) is 4.57 Å². The van der Waals surface area contributed by atoms with Gasteiger partial charge >= 0.3 is 0 Å². The van der Waals surface area contributed by atoms with Gasteiger partial charge in [0.15, 0.2) is 0 Å². The summed E-state index contributed by atoms with van der Waals surface area (Å²) in [5.74, 6) is 0. The number of aryl methyl sites for hydroxylation is 1. The predicted molar refractivity (Wildman–Crippen MR) is 77.2 cm³/mol. The molecule has 1 nitrogen and oxygen atoms in total. The van der Waals surface area contributed by atoms with Gasteiger partial charge in [0.05, 0.1) is 0 Å². The molecule has 3 rings (SSSR count). The van der Waals surface area contributed by atoms with E-state index in [-0.39, 0.29) is 0 Å². The summed E-state index contributed by atoms with van der Waals surface area (Å²) in [6.07, 6.45) is 2.14. The van der Waals surface area contributed by atoms with E-state index in [2.05, 4.69) is 54.1 Å². The zero-order valence-electron chi connectivity index (χ0n) is 10.2. The van der Waals surface area contributed by atoms with Crippen LogP contribution in [0.15, 0.2) is 54.7 Å². The van der Waals surface area contributed by atoms with Crippen molar-refractivity contribution in [2.45, 2.75) is 13.5 Å². The van der Waals surface area contributed by atoms with Gasteiger partial charge in [0.1, 0.15) is 0 Å². The second-order valence-electron chi connectivity index (χ2n) is 4.63. The molecule has 90 valence electrons. The first-order valence-corrected chi connectivity index (χ1v) is 6.40. The summed E-state index contributed by atoms with van der Waals surface area (Å²) in [5.41, 5.74) is 3.83. The molecule has 0 saturated carbocycles. The molecule has 0 bridgehead atoms. The average molecular weight is 256 g/mol. The molecule has 0 aliphatic carbocycles. The first kappa shape index (κ1) is 11.4. The molecule has 0 fully saturated rings. The maximum Gasteiger partial charge on any atom is 0.0483 e. The maximum absolute atomic E-state index is 5.90. The number of benzene rings is 2. The molecule has 0 saturated heterocycles. The Bertz CT molecular complexity index is 680. The van der Waals surface area contributed by atoms with E-state index in [1.807, 2.05) is 12.1 Å². The van der Waals surface area contributed by atoms with Crippen LogP contribution in [0.4, 0.5) is 0 Å². The Morgan fingerprint density at radius 2 is 1.78 bits per heavy atom. The lowest BCUT2D eigenvalue weighted by Gasteiger charge is -2.06. The van der Waals surface area contributed by atoms with Gasteiger partial charge in [-0.05, 0) is 48.2 Å². The van der Waals surface area contributed by atoms with E-state index in [9.17, 15) is 0 Å². The average Bonchev–Trinajstić information content (AvgIpc) is 2.74. The Hall–Kier alpha value is -1.73. The Balaban J connectivity index is 1.97. The summed E-state index contributed by atoms with van der Waals surface area (Å²) in [4.78, 5) is 0. The van der Waals surface area contributed by atoms with Gasteiger partial charge in [-0.2, -0.15) is 0 Å². The van der Waals surface area contributed by atoms with Crippen LogP contribution >= 0.6 is 11.6 Å². The van der Waals surface area contributed by atoms with E-state index >= 15 is 0 Å². The van der Waals surface area contributed by atoms with Crippen LogP contribution in [0.5, 0.6) is 0 Å². The van der Waals surface area contributed by atoms with Crippen molar-refractivity contribution < 1.29 is 0 Å². The summed E-state index contributed by atoms with van der Waals surface area (Å²) < 4.78 is 2.26. The first-order chi connectivity index (χ1) is 8.72. The van der Waals surface area contributed by atoms with Crippen LogP contribution in [0.25, 0.3) is 10.9 Å². The van der Waals surface area contributed by atoms with Gasteiger partial charge < -0.3 is 4.57 Å². The lowest BCUT2D eigenvalue weighted by atomic mass is 10.2. The van der Waals surface area contributed by atoms with Crippen molar-refractivity contribution in [3.63, 3.8) is 0 Å². The smallest absolute Gasteiger partial charge is 0.0483 e. The van der Waals surface area contributed by atoms with E-state index in [1.54, 1.807) is 0 Å². The maximum atomic E-state index is 5.90. The third kappa shape index (κ3) is 2.14. The van der Waals surface area contributed by atoms with Crippen molar-refractivity contribution in [3.8, 4) is 0 Å². The summed E-state index contributed by atoms with van der Waals surface area (Å²) in [6.45, 7) is 3.00. The fraction of sp³-hybridized carbons (Fsp3) is 0.125. The van der Waals surface area contributed by atoms with E-state index in [4.69, 9.17) is 11.6 Å². The van der Waals surface area contributed by atoms with Crippen LogP contribution in [0.3, 0.4) is 0 Å². The van der Waals surface area contributed by atoms with Gasteiger partial charge in [-0.15, -0.1) is 0 Å². The molecule has 1 heterocycles. The highest BCUT2D eigenvalue weighted by atomic mass is 35.5. The lowest BCUT2D eigenvalue weighted by molar-refractivity contribution is 0.837. The van der Waals surface area contributed by atoms with E-state index in [0.29, 0.717) is 0 Å². The topological polar surface area (TPSA) is 4.93 Å². The van der Waals surface area contributed by atoms with E-state index < -0.39 is 0 Å². The molecule has 0 aliphatic heterocycles. The van der Waals surface area contributed by atoms with Gasteiger partial charge in [-0.25, -0.2) is 0 Å². The summed E-state index contributed by atoms with van der Waals surface area (Å²) >= 11 is 5.90. The molecule has 18 heavy (non-hydrogen) atoms. The molecule has 3 aromatic rings. The molecule has 2 aromatic carbocycles. The highest BCUT2D eigenvalue weighted by Gasteiger charge is 2.02. The van der Waals surface area contributed by atoms with Crippen molar-refractivity contribution in [1.29, 1.82) is 0 Å². The predicted octanol–water partition coefficient (Wildman–Crippen LogP) is 4.65. The fourth-order valence-electron chi connectivity index (χ4n) is 2.24. The Labute approximate surface area is 112 Å². The molecule has 1 aromatic heterocycles. The highest BCUT2D eigenvalue weighted by Crippen LogP contribution is 2.19. The SMILES string of the molecule is Cc1ccc2c(ccn2Cc2ccc(Cl)cc2)c1. The van der Waals surface area contributed by atoms with Crippen molar-refractivity contribution in [3.05, 3.63) is 70.9 Å². The molecule has 0 unspecified atom stereocenters. The molecular weight excluding hydrogens is 242 g/mol. The third-order valence-electron chi connectivity index (χ3n) is 3.19. The number of hydrogen-bond donors (Lipinski definition) is 0. The molecule has 0 spiro atoms. The number of fused-ring (bicyclic) bond motifs is 1. The summed E-state index contributed by atoms with van der Waals surface area (Å²) in [5, 5.41) is 2.08. The van der Waals surface area contributed by atoms with E-state index in [0.717, 1.165) is 11.6 Å². The second kappa shape index (κ2) is 4.51. The van der Waals surface area contributed by atoms with Crippen molar-refractivity contribution in [2.75, 3.05) is 0 Å². The monoisotopic (exact) mass is 255 g/mol. The second-order valence-corrected chi connectivity index (χ2v) is 5.07. The van der Waals surface area contributed by atoms with Crippen molar-refractivity contribution in [2.24, 2.45) is 0 Å². The van der Waals surface area contributed by atoms with Crippen LogP contribution < -0.4 is 0 Å². The number of rotatable bonds is 2.